The minimum atomic E-state index is -0.371. The molecule has 1 aromatic rings. The smallest absolute Gasteiger partial charge is 0.226 e. The van der Waals surface area contributed by atoms with Crippen LogP contribution in [0.25, 0.3) is 0 Å². The number of aliphatic hydroxyl groups is 1. The number of benzene rings is 1. The summed E-state index contributed by atoms with van der Waals surface area (Å²) in [4.78, 5) is 12.1. The molecule has 1 aliphatic heterocycles. The number of aliphatic hydroxyl groups excluding tert-OH is 1. The molecule has 4 nitrogen and oxygen atoms in total. The first-order valence-electron chi connectivity index (χ1n) is 7.32. The van der Waals surface area contributed by atoms with Gasteiger partial charge in [-0.1, -0.05) is 6.92 Å². The van der Waals surface area contributed by atoms with Gasteiger partial charge < -0.3 is 15.2 Å². The zero-order valence-corrected chi connectivity index (χ0v) is 12.4. The Kier molecular flexibility index (Phi) is 5.17. The molecule has 21 heavy (non-hydrogen) atoms. The van der Waals surface area contributed by atoms with Crippen LogP contribution in [0.4, 0.5) is 4.39 Å². The maximum Gasteiger partial charge on any atom is 0.226 e. The molecule has 0 saturated carbocycles. The average molecular weight is 295 g/mol. The molecule has 0 aliphatic carbocycles. The minimum absolute atomic E-state index is 0.0812. The molecular weight excluding hydrogens is 273 g/mol. The molecule has 2 rings (SSSR count). The van der Waals surface area contributed by atoms with E-state index in [1.165, 1.54) is 12.1 Å². The molecule has 0 spiro atoms. The van der Waals surface area contributed by atoms with E-state index in [9.17, 15) is 14.3 Å². The number of nitrogens with one attached hydrogen (secondary N) is 1. The summed E-state index contributed by atoms with van der Waals surface area (Å²) in [5.74, 6) is 0.176. The highest BCUT2D eigenvalue weighted by molar-refractivity contribution is 5.79. The summed E-state index contributed by atoms with van der Waals surface area (Å²) in [6.07, 6.45) is 0.768. The van der Waals surface area contributed by atoms with Crippen molar-refractivity contribution in [3.05, 3.63) is 29.6 Å². The predicted molar refractivity (Wildman–Crippen MR) is 77.6 cm³/mol. The highest BCUT2D eigenvalue weighted by Gasteiger charge is 2.26. The normalized spacial score (nSPS) is 20.1. The van der Waals surface area contributed by atoms with Crippen LogP contribution >= 0.6 is 0 Å². The second kappa shape index (κ2) is 6.89. The van der Waals surface area contributed by atoms with Crippen LogP contribution in [0.3, 0.4) is 0 Å². The molecule has 0 saturated heterocycles. The molecule has 3 atom stereocenters. The zero-order chi connectivity index (χ0) is 15.4. The standard InChI is InChI=1S/C16H22FNO3/c1-10(5-11(2)19)8-18-16(20)13-6-12-7-14(17)3-4-15(12)21-9-13/h3-4,7,10-11,13,19H,5-6,8-9H2,1-2H3,(H,18,20). The van der Waals surface area contributed by atoms with Gasteiger partial charge in [-0.2, -0.15) is 0 Å². The van der Waals surface area contributed by atoms with Gasteiger partial charge in [-0.25, -0.2) is 4.39 Å². The zero-order valence-electron chi connectivity index (χ0n) is 12.4. The maximum absolute atomic E-state index is 13.2. The fraction of sp³-hybridized carbons (Fsp3) is 0.562. The van der Waals surface area contributed by atoms with E-state index in [0.29, 0.717) is 31.7 Å². The van der Waals surface area contributed by atoms with Gasteiger partial charge in [0.05, 0.1) is 12.0 Å². The lowest BCUT2D eigenvalue weighted by molar-refractivity contribution is -0.126. The fourth-order valence-corrected chi connectivity index (χ4v) is 2.62. The van der Waals surface area contributed by atoms with E-state index >= 15 is 0 Å². The Bertz CT molecular complexity index is 504. The Morgan fingerprint density at radius 3 is 3.00 bits per heavy atom. The second-order valence-corrected chi connectivity index (χ2v) is 5.90. The Morgan fingerprint density at radius 2 is 2.29 bits per heavy atom. The fourth-order valence-electron chi connectivity index (χ4n) is 2.62. The highest BCUT2D eigenvalue weighted by atomic mass is 19.1. The number of hydrogen-bond donors (Lipinski definition) is 2. The topological polar surface area (TPSA) is 58.6 Å². The number of carbonyl (C=O) groups is 1. The van der Waals surface area contributed by atoms with Crippen molar-refractivity contribution in [1.82, 2.24) is 5.32 Å². The Hall–Kier alpha value is -1.62. The van der Waals surface area contributed by atoms with Gasteiger partial charge in [0.25, 0.3) is 0 Å². The van der Waals surface area contributed by atoms with Crippen molar-refractivity contribution >= 4 is 5.91 Å². The van der Waals surface area contributed by atoms with Crippen molar-refractivity contribution in [2.75, 3.05) is 13.2 Å². The third-order valence-electron chi connectivity index (χ3n) is 3.67. The summed E-state index contributed by atoms with van der Waals surface area (Å²) in [6, 6.07) is 4.38. The van der Waals surface area contributed by atoms with Crippen LogP contribution in [0, 0.1) is 17.7 Å². The number of rotatable bonds is 5. The lowest BCUT2D eigenvalue weighted by atomic mass is 9.95. The quantitative estimate of drug-likeness (QED) is 0.872. The molecule has 0 fully saturated rings. The van der Waals surface area contributed by atoms with Gasteiger partial charge in [-0.15, -0.1) is 0 Å². The average Bonchev–Trinajstić information content (AvgIpc) is 2.43. The van der Waals surface area contributed by atoms with Crippen LogP contribution in [-0.4, -0.2) is 30.3 Å². The Labute approximate surface area is 124 Å². The van der Waals surface area contributed by atoms with Crippen LogP contribution in [-0.2, 0) is 11.2 Å². The molecule has 1 heterocycles. The third-order valence-corrected chi connectivity index (χ3v) is 3.67. The monoisotopic (exact) mass is 295 g/mol. The van der Waals surface area contributed by atoms with E-state index in [-0.39, 0.29) is 29.7 Å². The number of halogens is 1. The minimum Gasteiger partial charge on any atom is -0.492 e. The van der Waals surface area contributed by atoms with Crippen molar-refractivity contribution in [1.29, 1.82) is 0 Å². The van der Waals surface area contributed by atoms with Gasteiger partial charge in [-0.3, -0.25) is 4.79 Å². The molecule has 0 radical (unpaired) electrons. The summed E-state index contributed by atoms with van der Waals surface area (Å²) < 4.78 is 18.7. The van der Waals surface area contributed by atoms with E-state index in [4.69, 9.17) is 4.74 Å². The van der Waals surface area contributed by atoms with E-state index in [1.807, 2.05) is 6.92 Å². The van der Waals surface area contributed by atoms with Crippen molar-refractivity contribution in [3.63, 3.8) is 0 Å². The van der Waals surface area contributed by atoms with Gasteiger partial charge in [0.15, 0.2) is 0 Å². The highest BCUT2D eigenvalue weighted by Crippen LogP contribution is 2.28. The number of hydrogen-bond acceptors (Lipinski definition) is 3. The molecule has 0 bridgehead atoms. The van der Waals surface area contributed by atoms with Gasteiger partial charge in [0, 0.05) is 6.54 Å². The number of fused-ring (bicyclic) bond motifs is 1. The molecule has 5 heteroatoms. The largest absolute Gasteiger partial charge is 0.492 e. The second-order valence-electron chi connectivity index (χ2n) is 5.90. The van der Waals surface area contributed by atoms with Crippen molar-refractivity contribution in [3.8, 4) is 5.75 Å². The van der Waals surface area contributed by atoms with Gasteiger partial charge in [0.1, 0.15) is 18.2 Å². The van der Waals surface area contributed by atoms with Gasteiger partial charge in [-0.05, 0) is 49.4 Å². The van der Waals surface area contributed by atoms with E-state index in [2.05, 4.69) is 5.32 Å². The number of ether oxygens (including phenoxy) is 1. The maximum atomic E-state index is 13.2. The summed E-state index contributed by atoms with van der Waals surface area (Å²) in [5.41, 5.74) is 0.735. The Balaban J connectivity index is 1.87. The summed E-state index contributed by atoms with van der Waals surface area (Å²) in [6.45, 7) is 4.55. The lowest BCUT2D eigenvalue weighted by Crippen LogP contribution is -2.39. The van der Waals surface area contributed by atoms with Crippen LogP contribution in [0.5, 0.6) is 5.75 Å². The van der Waals surface area contributed by atoms with Gasteiger partial charge >= 0.3 is 0 Å². The molecule has 3 unspecified atom stereocenters. The number of carbonyl (C=O) groups excluding carboxylic acids is 1. The summed E-state index contributed by atoms with van der Waals surface area (Å²) >= 11 is 0. The SMILES string of the molecule is CC(O)CC(C)CNC(=O)C1COc2ccc(F)cc2C1. The van der Waals surface area contributed by atoms with Crippen LogP contribution < -0.4 is 10.1 Å². The molecule has 116 valence electrons. The Morgan fingerprint density at radius 1 is 1.52 bits per heavy atom. The van der Waals surface area contributed by atoms with E-state index < -0.39 is 0 Å². The van der Waals surface area contributed by atoms with Crippen molar-refractivity contribution in [2.24, 2.45) is 11.8 Å². The molecule has 1 aromatic carbocycles. The van der Waals surface area contributed by atoms with Crippen LogP contribution in [0.1, 0.15) is 25.8 Å². The first-order chi connectivity index (χ1) is 9.95. The lowest BCUT2D eigenvalue weighted by Gasteiger charge is -2.25. The molecule has 2 N–H and O–H groups in total. The van der Waals surface area contributed by atoms with E-state index in [0.717, 1.165) is 5.56 Å². The van der Waals surface area contributed by atoms with Crippen LogP contribution in [0.2, 0.25) is 0 Å². The molecular formula is C16H22FNO3. The predicted octanol–water partition coefficient (Wildman–Crippen LogP) is 1.90. The third kappa shape index (κ3) is 4.43. The first-order valence-corrected chi connectivity index (χ1v) is 7.32. The first kappa shape index (κ1) is 15.8. The van der Waals surface area contributed by atoms with Gasteiger partial charge in [0.2, 0.25) is 5.91 Å². The summed E-state index contributed by atoms with van der Waals surface area (Å²) in [5, 5.41) is 12.2. The van der Waals surface area contributed by atoms with Crippen LogP contribution in [0.15, 0.2) is 18.2 Å². The number of amides is 1. The molecule has 1 amide bonds. The molecule has 0 aromatic heterocycles. The molecule has 1 aliphatic rings. The van der Waals surface area contributed by atoms with E-state index in [1.54, 1.807) is 13.0 Å². The summed E-state index contributed by atoms with van der Waals surface area (Å²) in [7, 11) is 0. The van der Waals surface area contributed by atoms with Crippen molar-refractivity contribution in [2.45, 2.75) is 32.8 Å². The van der Waals surface area contributed by atoms with Crippen molar-refractivity contribution < 1.29 is 19.0 Å².